The van der Waals surface area contributed by atoms with E-state index in [0.29, 0.717) is 12.1 Å². The molecule has 0 aliphatic carbocycles. The van der Waals surface area contributed by atoms with Crippen molar-refractivity contribution in [2.75, 3.05) is 19.4 Å². The Kier molecular flexibility index (Phi) is 4.48. The lowest BCUT2D eigenvalue weighted by Crippen LogP contribution is -2.32. The van der Waals surface area contributed by atoms with Crippen LogP contribution in [-0.4, -0.2) is 40.8 Å². The molecule has 5 heteroatoms. The molecule has 0 radical (unpaired) electrons. The number of hydrogen-bond acceptors (Lipinski definition) is 4. The highest BCUT2D eigenvalue weighted by Gasteiger charge is 2.16. The maximum absolute atomic E-state index is 11.1. The molecule has 5 nitrogen and oxygen atoms in total. The summed E-state index contributed by atoms with van der Waals surface area (Å²) in [7, 11) is 1.83. The van der Waals surface area contributed by atoms with Crippen LogP contribution in [0.4, 0.5) is 5.69 Å². The molecule has 1 unspecified atom stereocenters. The predicted octanol–water partition coefficient (Wildman–Crippen LogP) is 0.780. The number of aliphatic hydroxyl groups is 1. The van der Waals surface area contributed by atoms with Gasteiger partial charge in [-0.25, -0.2) is 4.79 Å². The first-order valence-electron chi connectivity index (χ1n) is 5.39. The van der Waals surface area contributed by atoms with Crippen LogP contribution in [-0.2, 0) is 6.54 Å². The van der Waals surface area contributed by atoms with Gasteiger partial charge in [0, 0.05) is 18.3 Å². The highest BCUT2D eigenvalue weighted by Crippen LogP contribution is 2.19. The minimum Gasteiger partial charge on any atom is -0.478 e. The average Bonchev–Trinajstić information content (AvgIpc) is 2.27. The van der Waals surface area contributed by atoms with Gasteiger partial charge in [-0.3, -0.25) is 4.90 Å². The summed E-state index contributed by atoms with van der Waals surface area (Å²) in [6, 6.07) is 5.01. The molecule has 0 fully saturated rings. The lowest BCUT2D eigenvalue weighted by Gasteiger charge is -2.23. The fourth-order valence-corrected chi connectivity index (χ4v) is 1.58. The van der Waals surface area contributed by atoms with Gasteiger partial charge in [-0.1, -0.05) is 12.1 Å². The first-order chi connectivity index (χ1) is 7.97. The quantitative estimate of drug-likeness (QED) is 0.660. The second kappa shape index (κ2) is 5.65. The Hall–Kier alpha value is -1.59. The van der Waals surface area contributed by atoms with Crippen molar-refractivity contribution in [1.29, 1.82) is 0 Å². The molecule has 0 bridgehead atoms. The van der Waals surface area contributed by atoms with Gasteiger partial charge < -0.3 is 15.9 Å². The smallest absolute Gasteiger partial charge is 0.338 e. The van der Waals surface area contributed by atoms with Gasteiger partial charge in [0.05, 0.1) is 12.2 Å². The van der Waals surface area contributed by atoms with E-state index >= 15 is 0 Å². The summed E-state index contributed by atoms with van der Waals surface area (Å²) in [4.78, 5) is 13.0. The average molecular weight is 238 g/mol. The van der Waals surface area contributed by atoms with Gasteiger partial charge in [-0.15, -0.1) is 0 Å². The maximum Gasteiger partial charge on any atom is 0.338 e. The van der Waals surface area contributed by atoms with Gasteiger partial charge in [0.25, 0.3) is 0 Å². The second-order valence-electron chi connectivity index (χ2n) is 4.13. The fourth-order valence-electron chi connectivity index (χ4n) is 1.58. The van der Waals surface area contributed by atoms with Gasteiger partial charge in [0.15, 0.2) is 0 Å². The van der Waals surface area contributed by atoms with Gasteiger partial charge >= 0.3 is 5.97 Å². The van der Waals surface area contributed by atoms with E-state index in [9.17, 15) is 4.79 Å². The molecule has 0 heterocycles. The van der Waals surface area contributed by atoms with E-state index < -0.39 is 5.97 Å². The molecular formula is C12H18N2O3. The van der Waals surface area contributed by atoms with E-state index in [0.717, 1.165) is 0 Å². The Balaban J connectivity index is 2.98. The van der Waals surface area contributed by atoms with E-state index in [2.05, 4.69) is 0 Å². The number of anilines is 1. The number of carboxylic acids is 1. The maximum atomic E-state index is 11.1. The molecule has 0 amide bonds. The van der Waals surface area contributed by atoms with Crippen molar-refractivity contribution < 1.29 is 15.0 Å². The first kappa shape index (κ1) is 13.5. The second-order valence-corrected chi connectivity index (χ2v) is 4.13. The van der Waals surface area contributed by atoms with Crippen molar-refractivity contribution in [3.05, 3.63) is 29.3 Å². The van der Waals surface area contributed by atoms with Crippen LogP contribution < -0.4 is 5.73 Å². The zero-order chi connectivity index (χ0) is 13.0. The molecule has 4 N–H and O–H groups in total. The predicted molar refractivity (Wildman–Crippen MR) is 65.8 cm³/mol. The van der Waals surface area contributed by atoms with Crippen molar-refractivity contribution in [2.45, 2.75) is 19.5 Å². The lowest BCUT2D eigenvalue weighted by atomic mass is 10.0. The number of carbonyl (C=O) groups is 1. The number of carboxylic acid groups (broad SMARTS) is 1. The van der Waals surface area contributed by atoms with Crippen molar-refractivity contribution in [3.63, 3.8) is 0 Å². The third-order valence-corrected chi connectivity index (χ3v) is 2.83. The Morgan fingerprint density at radius 1 is 1.53 bits per heavy atom. The molecule has 0 saturated carbocycles. The normalized spacial score (nSPS) is 12.7. The Morgan fingerprint density at radius 3 is 2.71 bits per heavy atom. The largest absolute Gasteiger partial charge is 0.478 e. The molecule has 1 atom stereocenters. The van der Waals surface area contributed by atoms with Crippen molar-refractivity contribution in [1.82, 2.24) is 4.90 Å². The van der Waals surface area contributed by atoms with Crippen molar-refractivity contribution >= 4 is 11.7 Å². The molecule has 0 aliphatic rings. The van der Waals surface area contributed by atoms with Crippen LogP contribution in [0.3, 0.4) is 0 Å². The highest BCUT2D eigenvalue weighted by atomic mass is 16.4. The van der Waals surface area contributed by atoms with E-state index in [1.165, 1.54) is 0 Å². The summed E-state index contributed by atoms with van der Waals surface area (Å²) in [5, 5.41) is 18.1. The van der Waals surface area contributed by atoms with Crippen LogP contribution in [0.2, 0.25) is 0 Å². The minimum atomic E-state index is -1.02. The summed E-state index contributed by atoms with van der Waals surface area (Å²) < 4.78 is 0. The number of likely N-dealkylation sites (N-methyl/N-ethyl adjacent to an activating group) is 1. The van der Waals surface area contributed by atoms with Crippen LogP contribution in [0.1, 0.15) is 22.8 Å². The third-order valence-electron chi connectivity index (χ3n) is 2.83. The van der Waals surface area contributed by atoms with E-state index in [4.69, 9.17) is 15.9 Å². The highest BCUT2D eigenvalue weighted by molar-refractivity contribution is 5.95. The summed E-state index contributed by atoms with van der Waals surface area (Å²) >= 11 is 0. The van der Waals surface area contributed by atoms with Crippen LogP contribution >= 0.6 is 0 Å². The molecule has 1 aromatic carbocycles. The summed E-state index contributed by atoms with van der Waals surface area (Å²) in [5.74, 6) is -1.02. The number of rotatable bonds is 5. The van der Waals surface area contributed by atoms with Gasteiger partial charge in [-0.05, 0) is 25.6 Å². The van der Waals surface area contributed by atoms with E-state index in [1.54, 1.807) is 18.2 Å². The molecular weight excluding hydrogens is 220 g/mol. The number of hydrogen-bond donors (Lipinski definition) is 3. The molecule has 94 valence electrons. The molecule has 17 heavy (non-hydrogen) atoms. The number of benzene rings is 1. The van der Waals surface area contributed by atoms with Crippen LogP contribution in [0, 0.1) is 0 Å². The van der Waals surface area contributed by atoms with Crippen LogP contribution in [0.25, 0.3) is 0 Å². The standard InChI is InChI=1S/C12H18N2O3/c1-8(7-15)14(2)6-9-4-3-5-10(13)11(9)12(16)17/h3-5,8,15H,6-7,13H2,1-2H3,(H,16,17). The van der Waals surface area contributed by atoms with E-state index in [1.807, 2.05) is 18.9 Å². The molecule has 0 aliphatic heterocycles. The van der Waals surface area contributed by atoms with Gasteiger partial charge in [-0.2, -0.15) is 0 Å². The SMILES string of the molecule is CC(CO)N(C)Cc1cccc(N)c1C(=O)O. The Bertz CT molecular complexity index is 407. The van der Waals surface area contributed by atoms with Crippen molar-refractivity contribution in [3.8, 4) is 0 Å². The van der Waals surface area contributed by atoms with Crippen LogP contribution in [0.5, 0.6) is 0 Å². The number of nitrogens with zero attached hydrogens (tertiary/aromatic N) is 1. The van der Waals surface area contributed by atoms with Gasteiger partial charge in [0.2, 0.25) is 0 Å². The van der Waals surface area contributed by atoms with E-state index in [-0.39, 0.29) is 23.9 Å². The minimum absolute atomic E-state index is 0.0290. The lowest BCUT2D eigenvalue weighted by molar-refractivity contribution is 0.0695. The third kappa shape index (κ3) is 3.18. The molecule has 0 spiro atoms. The molecule has 0 aromatic heterocycles. The topological polar surface area (TPSA) is 86.8 Å². The summed E-state index contributed by atoms with van der Waals surface area (Å²) in [5.41, 5.74) is 6.72. The monoisotopic (exact) mass is 238 g/mol. The zero-order valence-corrected chi connectivity index (χ0v) is 10.1. The molecule has 1 aromatic rings. The van der Waals surface area contributed by atoms with Crippen LogP contribution in [0.15, 0.2) is 18.2 Å². The number of aromatic carboxylic acids is 1. The van der Waals surface area contributed by atoms with Crippen molar-refractivity contribution in [2.24, 2.45) is 0 Å². The Morgan fingerprint density at radius 2 is 2.18 bits per heavy atom. The first-order valence-corrected chi connectivity index (χ1v) is 5.39. The number of aliphatic hydroxyl groups excluding tert-OH is 1. The summed E-state index contributed by atoms with van der Waals surface area (Å²) in [6.07, 6.45) is 0. The summed E-state index contributed by atoms with van der Waals surface area (Å²) in [6.45, 7) is 2.34. The molecule has 0 saturated heterocycles. The molecule has 1 rings (SSSR count). The van der Waals surface area contributed by atoms with Gasteiger partial charge in [0.1, 0.15) is 0 Å². The number of nitrogen functional groups attached to an aromatic ring is 1. The zero-order valence-electron chi connectivity index (χ0n) is 10.1. The Labute approximate surface area is 100 Å². The number of nitrogens with two attached hydrogens (primary N) is 1. The fraction of sp³-hybridized carbons (Fsp3) is 0.417.